The topological polar surface area (TPSA) is 40.9 Å². The van der Waals surface area contributed by atoms with Crippen LogP contribution in [-0.4, -0.2) is 47.0 Å². The number of aromatic nitrogens is 2. The lowest BCUT2D eigenvalue weighted by Gasteiger charge is -2.36. The lowest BCUT2D eigenvalue weighted by Crippen LogP contribution is -2.47. The summed E-state index contributed by atoms with van der Waals surface area (Å²) < 4.78 is 1.65. The number of benzene rings is 1. The molecule has 5 nitrogen and oxygen atoms in total. The molecule has 0 spiro atoms. The summed E-state index contributed by atoms with van der Waals surface area (Å²) in [4.78, 5) is 22.3. The zero-order chi connectivity index (χ0) is 18.8. The average Bonchev–Trinajstić information content (AvgIpc) is 2.69. The van der Waals surface area contributed by atoms with Crippen LogP contribution in [0, 0.1) is 13.8 Å². The van der Waals surface area contributed by atoms with E-state index < -0.39 is 0 Å². The predicted octanol–water partition coefficient (Wildman–Crippen LogP) is 2.68. The van der Waals surface area contributed by atoms with Crippen LogP contribution in [0.5, 0.6) is 0 Å². The van der Waals surface area contributed by atoms with Crippen LogP contribution >= 0.6 is 0 Å². The largest absolute Gasteiger partial charge is 0.369 e. The van der Waals surface area contributed by atoms with Gasteiger partial charge in [0.2, 0.25) is 0 Å². The van der Waals surface area contributed by atoms with Gasteiger partial charge in [0.1, 0.15) is 5.65 Å². The maximum absolute atomic E-state index is 12.8. The van der Waals surface area contributed by atoms with Crippen LogP contribution in [0.1, 0.15) is 16.8 Å². The highest BCUT2D eigenvalue weighted by atomic mass is 16.1. The van der Waals surface area contributed by atoms with Gasteiger partial charge in [-0.15, -0.1) is 0 Å². The fraction of sp³-hybridized carbons (Fsp3) is 0.364. The van der Waals surface area contributed by atoms with Crippen LogP contribution in [0.25, 0.3) is 5.65 Å². The first-order valence-electron chi connectivity index (χ1n) is 9.63. The highest BCUT2D eigenvalue weighted by Gasteiger charge is 2.19. The maximum atomic E-state index is 12.8. The summed E-state index contributed by atoms with van der Waals surface area (Å²) in [6, 6.07) is 14.2. The summed E-state index contributed by atoms with van der Waals surface area (Å²) in [6.45, 7) is 9.12. The number of para-hydroxylation sites is 1. The second-order valence-corrected chi connectivity index (χ2v) is 7.27. The standard InChI is InChI=1S/C22H26N4O/c1-17-7-3-4-8-20(17)25-15-13-24(14-16-25)12-10-19-18(2)23-21-9-5-6-11-26(21)22(19)27/h3-9,11H,10,12-16H2,1-2H3. The molecule has 1 fully saturated rings. The normalized spacial score (nSPS) is 15.4. The van der Waals surface area contributed by atoms with Crippen molar-refractivity contribution in [3.8, 4) is 0 Å². The van der Waals surface area contributed by atoms with Gasteiger partial charge in [0, 0.05) is 55.9 Å². The minimum absolute atomic E-state index is 0.0663. The fourth-order valence-electron chi connectivity index (χ4n) is 3.92. The molecular formula is C22H26N4O. The van der Waals surface area contributed by atoms with Gasteiger partial charge in [0.05, 0.1) is 0 Å². The highest BCUT2D eigenvalue weighted by Crippen LogP contribution is 2.20. The zero-order valence-corrected chi connectivity index (χ0v) is 16.1. The average molecular weight is 362 g/mol. The van der Waals surface area contributed by atoms with E-state index in [0.29, 0.717) is 0 Å². The first-order chi connectivity index (χ1) is 13.1. The van der Waals surface area contributed by atoms with Crippen molar-refractivity contribution in [3.05, 3.63) is 75.8 Å². The Kier molecular flexibility index (Phi) is 4.94. The Morgan fingerprint density at radius 3 is 2.48 bits per heavy atom. The van der Waals surface area contributed by atoms with Crippen molar-refractivity contribution in [3.63, 3.8) is 0 Å². The van der Waals surface area contributed by atoms with Crippen molar-refractivity contribution in [1.29, 1.82) is 0 Å². The first kappa shape index (κ1) is 17.7. The molecule has 0 atom stereocenters. The van der Waals surface area contributed by atoms with Crippen molar-refractivity contribution in [2.75, 3.05) is 37.6 Å². The number of pyridine rings is 1. The molecule has 0 bridgehead atoms. The summed E-state index contributed by atoms with van der Waals surface area (Å²) in [5, 5.41) is 0. The number of rotatable bonds is 4. The molecule has 1 saturated heterocycles. The molecule has 1 aliphatic rings. The van der Waals surface area contributed by atoms with Gasteiger partial charge in [-0.1, -0.05) is 24.3 Å². The molecule has 1 aromatic carbocycles. The number of anilines is 1. The van der Waals surface area contributed by atoms with Crippen molar-refractivity contribution in [2.45, 2.75) is 20.3 Å². The highest BCUT2D eigenvalue weighted by molar-refractivity contribution is 5.53. The molecule has 1 aliphatic heterocycles. The molecule has 4 rings (SSSR count). The van der Waals surface area contributed by atoms with Gasteiger partial charge in [-0.25, -0.2) is 4.98 Å². The van der Waals surface area contributed by atoms with Gasteiger partial charge in [0.15, 0.2) is 0 Å². The fourth-order valence-corrected chi connectivity index (χ4v) is 3.92. The van der Waals surface area contributed by atoms with E-state index in [1.165, 1.54) is 11.3 Å². The second-order valence-electron chi connectivity index (χ2n) is 7.27. The summed E-state index contributed by atoms with van der Waals surface area (Å²) in [5.74, 6) is 0. The summed E-state index contributed by atoms with van der Waals surface area (Å²) in [5.41, 5.74) is 5.14. The smallest absolute Gasteiger partial charge is 0.261 e. The van der Waals surface area contributed by atoms with E-state index >= 15 is 0 Å². The van der Waals surface area contributed by atoms with E-state index in [1.54, 1.807) is 10.6 Å². The van der Waals surface area contributed by atoms with Gasteiger partial charge in [0.25, 0.3) is 5.56 Å². The van der Waals surface area contributed by atoms with Gasteiger partial charge in [-0.2, -0.15) is 0 Å². The number of hydrogen-bond donors (Lipinski definition) is 0. The van der Waals surface area contributed by atoms with Crippen LogP contribution in [-0.2, 0) is 6.42 Å². The molecule has 0 amide bonds. The van der Waals surface area contributed by atoms with E-state index in [2.05, 4.69) is 46.0 Å². The van der Waals surface area contributed by atoms with Crippen LogP contribution in [0.15, 0.2) is 53.5 Å². The Morgan fingerprint density at radius 2 is 1.70 bits per heavy atom. The Bertz CT molecular complexity index is 1000. The van der Waals surface area contributed by atoms with E-state index in [1.807, 2.05) is 25.1 Å². The quantitative estimate of drug-likeness (QED) is 0.716. The summed E-state index contributed by atoms with van der Waals surface area (Å²) >= 11 is 0. The molecule has 140 valence electrons. The first-order valence-corrected chi connectivity index (χ1v) is 9.63. The third-order valence-electron chi connectivity index (χ3n) is 5.54. The molecule has 0 radical (unpaired) electrons. The molecule has 5 heteroatoms. The number of piperazine rings is 1. The van der Waals surface area contributed by atoms with E-state index in [0.717, 1.165) is 56.0 Å². The van der Waals surface area contributed by atoms with Crippen LogP contribution < -0.4 is 10.5 Å². The number of nitrogens with zero attached hydrogens (tertiary/aromatic N) is 4. The van der Waals surface area contributed by atoms with Crippen molar-refractivity contribution in [1.82, 2.24) is 14.3 Å². The Labute approximate surface area is 159 Å². The molecule has 3 aromatic rings. The van der Waals surface area contributed by atoms with Crippen molar-refractivity contribution < 1.29 is 0 Å². The molecule has 3 heterocycles. The minimum Gasteiger partial charge on any atom is -0.369 e. The van der Waals surface area contributed by atoms with Gasteiger partial charge in [-0.3, -0.25) is 14.1 Å². The van der Waals surface area contributed by atoms with Crippen molar-refractivity contribution >= 4 is 11.3 Å². The van der Waals surface area contributed by atoms with E-state index in [9.17, 15) is 4.79 Å². The molecule has 0 aliphatic carbocycles. The number of hydrogen-bond acceptors (Lipinski definition) is 4. The summed E-state index contributed by atoms with van der Waals surface area (Å²) in [6.07, 6.45) is 2.55. The number of aryl methyl sites for hydroxylation is 2. The second kappa shape index (κ2) is 7.53. The molecule has 0 unspecified atom stereocenters. The zero-order valence-electron chi connectivity index (χ0n) is 16.1. The van der Waals surface area contributed by atoms with Crippen LogP contribution in [0.3, 0.4) is 0 Å². The Morgan fingerprint density at radius 1 is 0.963 bits per heavy atom. The maximum Gasteiger partial charge on any atom is 0.261 e. The van der Waals surface area contributed by atoms with Gasteiger partial charge in [-0.05, 0) is 44.0 Å². The lowest BCUT2D eigenvalue weighted by molar-refractivity contribution is 0.260. The molecule has 2 aromatic heterocycles. The number of fused-ring (bicyclic) bond motifs is 1. The Balaban J connectivity index is 1.41. The SMILES string of the molecule is Cc1ccccc1N1CCN(CCc2c(C)nc3ccccn3c2=O)CC1. The van der Waals surface area contributed by atoms with Crippen LogP contribution in [0.2, 0.25) is 0 Å². The lowest BCUT2D eigenvalue weighted by atomic mass is 10.1. The Hall–Kier alpha value is -2.66. The van der Waals surface area contributed by atoms with E-state index in [4.69, 9.17) is 0 Å². The van der Waals surface area contributed by atoms with Gasteiger partial charge >= 0.3 is 0 Å². The van der Waals surface area contributed by atoms with Crippen molar-refractivity contribution in [2.24, 2.45) is 0 Å². The third-order valence-corrected chi connectivity index (χ3v) is 5.54. The minimum atomic E-state index is 0.0663. The monoisotopic (exact) mass is 362 g/mol. The van der Waals surface area contributed by atoms with Crippen LogP contribution in [0.4, 0.5) is 5.69 Å². The molecule has 0 saturated carbocycles. The molecular weight excluding hydrogens is 336 g/mol. The predicted molar refractivity (Wildman–Crippen MR) is 110 cm³/mol. The third kappa shape index (κ3) is 3.60. The van der Waals surface area contributed by atoms with Gasteiger partial charge < -0.3 is 4.90 Å². The molecule has 27 heavy (non-hydrogen) atoms. The summed E-state index contributed by atoms with van der Waals surface area (Å²) in [7, 11) is 0. The molecule has 0 N–H and O–H groups in total. The van der Waals surface area contributed by atoms with E-state index in [-0.39, 0.29) is 5.56 Å².